The second-order valence-electron chi connectivity index (χ2n) is 4.39. The van der Waals surface area contributed by atoms with Crippen molar-refractivity contribution in [2.75, 3.05) is 0 Å². The summed E-state index contributed by atoms with van der Waals surface area (Å²) < 4.78 is 0. The Morgan fingerprint density at radius 2 is 2.05 bits per heavy atom. The Labute approximate surface area is 120 Å². The molecule has 2 rings (SSSR count). The van der Waals surface area contributed by atoms with Crippen LogP contribution in [0.1, 0.15) is 44.4 Å². The number of aromatic carboxylic acids is 1. The number of carboxylic acids is 1. The van der Waals surface area contributed by atoms with E-state index in [1.54, 1.807) is 19.1 Å². The zero-order valence-corrected chi connectivity index (χ0v) is 11.9. The molecule has 2 aromatic rings. The van der Waals surface area contributed by atoms with Crippen LogP contribution >= 0.6 is 11.3 Å². The van der Waals surface area contributed by atoms with Crippen LogP contribution in [0.3, 0.4) is 0 Å². The third-order valence-corrected chi connectivity index (χ3v) is 3.88. The van der Waals surface area contributed by atoms with Crippen LogP contribution in [0.15, 0.2) is 29.6 Å². The van der Waals surface area contributed by atoms with Crippen LogP contribution in [0, 0.1) is 6.92 Å². The van der Waals surface area contributed by atoms with Crippen LogP contribution in [0.5, 0.6) is 0 Å². The Morgan fingerprint density at radius 1 is 1.35 bits per heavy atom. The molecule has 20 heavy (non-hydrogen) atoms. The van der Waals surface area contributed by atoms with Gasteiger partial charge in [-0.05, 0) is 25.5 Å². The predicted molar refractivity (Wildman–Crippen MR) is 76.1 cm³/mol. The Hall–Kier alpha value is -2.21. The molecule has 0 spiro atoms. The van der Waals surface area contributed by atoms with Gasteiger partial charge in [-0.15, -0.1) is 11.3 Å². The highest BCUT2D eigenvalue weighted by Gasteiger charge is 2.17. The lowest BCUT2D eigenvalue weighted by Crippen LogP contribution is -2.27. The van der Waals surface area contributed by atoms with E-state index in [-0.39, 0.29) is 17.6 Å². The Morgan fingerprint density at radius 3 is 2.65 bits per heavy atom. The standard InChI is InChI=1S/C14H14N2O3S/c1-8-5-3-4-6-10(8)12(17)15-9(2)13-16-11(7-20-13)14(18)19/h3-7,9H,1-2H3,(H,15,17)(H,18,19). The molecule has 6 heteroatoms. The lowest BCUT2D eigenvalue weighted by Gasteiger charge is -2.12. The summed E-state index contributed by atoms with van der Waals surface area (Å²) in [6.45, 7) is 3.64. The molecule has 1 amide bonds. The van der Waals surface area contributed by atoms with Gasteiger partial charge in [0.25, 0.3) is 5.91 Å². The van der Waals surface area contributed by atoms with Crippen molar-refractivity contribution in [3.05, 3.63) is 51.5 Å². The van der Waals surface area contributed by atoms with E-state index in [9.17, 15) is 9.59 Å². The Kier molecular flexibility index (Phi) is 4.14. The molecular formula is C14H14N2O3S. The second-order valence-corrected chi connectivity index (χ2v) is 5.28. The molecule has 0 aliphatic rings. The summed E-state index contributed by atoms with van der Waals surface area (Å²) in [5.41, 5.74) is 1.50. The number of thiazole rings is 1. The molecule has 0 aliphatic carbocycles. The second kappa shape index (κ2) is 5.83. The number of nitrogens with zero attached hydrogens (tertiary/aromatic N) is 1. The van der Waals surface area contributed by atoms with Crippen molar-refractivity contribution in [3.8, 4) is 0 Å². The summed E-state index contributed by atoms with van der Waals surface area (Å²) in [5, 5.41) is 13.7. The molecule has 0 radical (unpaired) electrons. The van der Waals surface area contributed by atoms with Crippen molar-refractivity contribution >= 4 is 23.2 Å². The lowest BCUT2D eigenvalue weighted by atomic mass is 10.1. The van der Waals surface area contributed by atoms with Crippen LogP contribution in [0.25, 0.3) is 0 Å². The largest absolute Gasteiger partial charge is 0.476 e. The number of rotatable bonds is 4. The van der Waals surface area contributed by atoms with Crippen molar-refractivity contribution in [3.63, 3.8) is 0 Å². The third-order valence-electron chi connectivity index (χ3n) is 2.85. The van der Waals surface area contributed by atoms with Crippen LogP contribution in [-0.2, 0) is 0 Å². The minimum absolute atomic E-state index is 0.00184. The molecular weight excluding hydrogens is 276 g/mol. The van der Waals surface area contributed by atoms with E-state index in [0.717, 1.165) is 5.56 Å². The zero-order valence-electron chi connectivity index (χ0n) is 11.1. The molecule has 1 heterocycles. The van der Waals surface area contributed by atoms with Crippen LogP contribution in [0.2, 0.25) is 0 Å². The van der Waals surface area contributed by atoms with Gasteiger partial charge >= 0.3 is 5.97 Å². The highest BCUT2D eigenvalue weighted by molar-refractivity contribution is 7.09. The summed E-state index contributed by atoms with van der Waals surface area (Å²) in [6.07, 6.45) is 0. The molecule has 1 aromatic carbocycles. The minimum atomic E-state index is -1.06. The number of carbonyl (C=O) groups is 2. The first kappa shape index (κ1) is 14.2. The smallest absolute Gasteiger partial charge is 0.355 e. The topological polar surface area (TPSA) is 79.3 Å². The van der Waals surface area contributed by atoms with Crippen molar-refractivity contribution in [2.24, 2.45) is 0 Å². The highest BCUT2D eigenvalue weighted by atomic mass is 32.1. The Balaban J connectivity index is 2.11. The molecule has 0 aliphatic heterocycles. The van der Waals surface area contributed by atoms with E-state index >= 15 is 0 Å². The van der Waals surface area contributed by atoms with Gasteiger partial charge in [-0.25, -0.2) is 9.78 Å². The molecule has 0 saturated carbocycles. The van der Waals surface area contributed by atoms with Gasteiger partial charge in [-0.1, -0.05) is 18.2 Å². The van der Waals surface area contributed by atoms with E-state index in [2.05, 4.69) is 10.3 Å². The van der Waals surface area contributed by atoms with E-state index in [0.29, 0.717) is 10.6 Å². The summed E-state index contributed by atoms with van der Waals surface area (Å²) >= 11 is 1.22. The Bertz CT molecular complexity index is 651. The molecule has 104 valence electrons. The average molecular weight is 290 g/mol. The van der Waals surface area contributed by atoms with Gasteiger partial charge in [0.15, 0.2) is 5.69 Å². The number of aromatic nitrogens is 1. The molecule has 0 bridgehead atoms. The molecule has 0 fully saturated rings. The number of carbonyl (C=O) groups excluding carboxylic acids is 1. The summed E-state index contributed by atoms with van der Waals surface area (Å²) in [4.78, 5) is 26.9. The number of benzene rings is 1. The van der Waals surface area contributed by atoms with E-state index in [4.69, 9.17) is 5.11 Å². The molecule has 1 unspecified atom stereocenters. The number of aryl methyl sites for hydroxylation is 1. The monoisotopic (exact) mass is 290 g/mol. The number of amides is 1. The first-order chi connectivity index (χ1) is 9.49. The van der Waals surface area contributed by atoms with E-state index < -0.39 is 5.97 Å². The molecule has 5 nitrogen and oxygen atoms in total. The maximum absolute atomic E-state index is 12.1. The molecule has 1 aromatic heterocycles. The van der Waals surface area contributed by atoms with E-state index in [1.807, 2.05) is 19.1 Å². The summed E-state index contributed by atoms with van der Waals surface area (Å²) in [6, 6.07) is 6.96. The van der Waals surface area contributed by atoms with Crippen molar-refractivity contribution in [2.45, 2.75) is 19.9 Å². The summed E-state index contributed by atoms with van der Waals surface area (Å²) in [5.74, 6) is -1.26. The van der Waals surface area contributed by atoms with Gasteiger partial charge in [-0.2, -0.15) is 0 Å². The minimum Gasteiger partial charge on any atom is -0.476 e. The van der Waals surface area contributed by atoms with Crippen molar-refractivity contribution in [1.82, 2.24) is 10.3 Å². The molecule has 1 atom stereocenters. The highest BCUT2D eigenvalue weighted by Crippen LogP contribution is 2.19. The fourth-order valence-electron chi connectivity index (χ4n) is 1.75. The fourth-order valence-corrected chi connectivity index (χ4v) is 2.55. The van der Waals surface area contributed by atoms with Crippen LogP contribution in [-0.4, -0.2) is 22.0 Å². The van der Waals surface area contributed by atoms with Gasteiger partial charge in [0, 0.05) is 10.9 Å². The molecule has 0 saturated heterocycles. The predicted octanol–water partition coefficient (Wildman–Crippen LogP) is 2.64. The van der Waals surface area contributed by atoms with Crippen molar-refractivity contribution in [1.29, 1.82) is 0 Å². The van der Waals surface area contributed by atoms with Gasteiger partial charge in [-0.3, -0.25) is 4.79 Å². The van der Waals surface area contributed by atoms with Crippen molar-refractivity contribution < 1.29 is 14.7 Å². The van der Waals surface area contributed by atoms with Gasteiger partial charge in [0.1, 0.15) is 5.01 Å². The average Bonchev–Trinajstić information content (AvgIpc) is 2.88. The van der Waals surface area contributed by atoms with E-state index in [1.165, 1.54) is 16.7 Å². The maximum atomic E-state index is 12.1. The van der Waals surface area contributed by atoms with Gasteiger partial charge < -0.3 is 10.4 Å². The van der Waals surface area contributed by atoms with Gasteiger partial charge in [0.2, 0.25) is 0 Å². The molecule has 2 N–H and O–H groups in total. The van der Waals surface area contributed by atoms with Crippen LogP contribution < -0.4 is 5.32 Å². The SMILES string of the molecule is Cc1ccccc1C(=O)NC(C)c1nc(C(=O)O)cs1. The van der Waals surface area contributed by atoms with Gasteiger partial charge in [0.05, 0.1) is 6.04 Å². The normalized spacial score (nSPS) is 11.9. The number of hydrogen-bond acceptors (Lipinski definition) is 4. The first-order valence-electron chi connectivity index (χ1n) is 6.04. The van der Waals surface area contributed by atoms with Crippen LogP contribution in [0.4, 0.5) is 0 Å². The zero-order chi connectivity index (χ0) is 14.7. The fraction of sp³-hybridized carbons (Fsp3) is 0.214. The lowest BCUT2D eigenvalue weighted by molar-refractivity contribution is 0.0691. The first-order valence-corrected chi connectivity index (χ1v) is 6.92. The maximum Gasteiger partial charge on any atom is 0.355 e. The number of carboxylic acid groups (broad SMARTS) is 1. The quantitative estimate of drug-likeness (QED) is 0.907. The number of nitrogens with one attached hydrogen (secondary N) is 1. The summed E-state index contributed by atoms with van der Waals surface area (Å²) in [7, 11) is 0. The number of hydrogen-bond donors (Lipinski definition) is 2. The third kappa shape index (κ3) is 3.03.